The summed E-state index contributed by atoms with van der Waals surface area (Å²) in [4.78, 5) is 32.4. The van der Waals surface area contributed by atoms with Crippen molar-refractivity contribution in [1.82, 2.24) is 0 Å². The second-order valence-corrected chi connectivity index (χ2v) is 9.31. The Morgan fingerprint density at radius 2 is 1.49 bits per heavy atom. The zero-order chi connectivity index (χ0) is 24.5. The maximum Gasteiger partial charge on any atom is 0.270 e. The molecule has 7 heteroatoms. The number of amides is 2. The molecule has 178 valence electrons. The molecule has 2 aliphatic rings. The van der Waals surface area contributed by atoms with E-state index in [0.717, 1.165) is 42.9 Å². The summed E-state index contributed by atoms with van der Waals surface area (Å²) in [5.41, 5.74) is 3.36. The fourth-order valence-electron chi connectivity index (χ4n) is 4.47. The minimum absolute atomic E-state index is 0.000209. The molecule has 0 saturated carbocycles. The molecule has 6 nitrogen and oxygen atoms in total. The fraction of sp³-hybridized carbons (Fsp3) is 0.250. The van der Waals surface area contributed by atoms with Gasteiger partial charge in [-0.2, -0.15) is 0 Å². The van der Waals surface area contributed by atoms with Gasteiger partial charge < -0.3 is 9.32 Å². The molecule has 0 N–H and O–H groups in total. The van der Waals surface area contributed by atoms with E-state index in [2.05, 4.69) is 4.90 Å². The third-order valence-electron chi connectivity index (χ3n) is 6.58. The molecule has 0 spiro atoms. The Morgan fingerprint density at radius 3 is 2.17 bits per heavy atom. The first-order valence-electron chi connectivity index (χ1n) is 11.9. The lowest BCUT2D eigenvalue weighted by Crippen LogP contribution is -2.57. The van der Waals surface area contributed by atoms with Crippen LogP contribution in [0.25, 0.3) is 6.08 Å². The van der Waals surface area contributed by atoms with Gasteiger partial charge in [-0.1, -0.05) is 24.3 Å². The fourth-order valence-corrected chi connectivity index (χ4v) is 4.85. The molecular formula is C28H27N3O3S. The van der Waals surface area contributed by atoms with E-state index in [1.165, 1.54) is 22.3 Å². The first kappa shape index (κ1) is 23.1. The van der Waals surface area contributed by atoms with Gasteiger partial charge in [0.2, 0.25) is 0 Å². The second-order valence-electron chi connectivity index (χ2n) is 8.95. The van der Waals surface area contributed by atoms with Crippen molar-refractivity contribution >= 4 is 52.5 Å². The Hall–Kier alpha value is -3.71. The molecule has 35 heavy (non-hydrogen) atoms. The van der Waals surface area contributed by atoms with Gasteiger partial charge in [-0.3, -0.25) is 19.4 Å². The average Bonchev–Trinajstić information content (AvgIpc) is 3.34. The van der Waals surface area contributed by atoms with Crippen LogP contribution < -0.4 is 14.7 Å². The predicted molar refractivity (Wildman–Crippen MR) is 143 cm³/mol. The number of hydrogen-bond donors (Lipinski definition) is 0. The second kappa shape index (κ2) is 9.50. The summed E-state index contributed by atoms with van der Waals surface area (Å²) in [7, 11) is 0. The van der Waals surface area contributed by atoms with Crippen LogP contribution >= 0.6 is 12.2 Å². The number of carbonyl (C=O) groups is 2. The topological polar surface area (TPSA) is 57.0 Å². The largest absolute Gasteiger partial charge is 0.441 e. The number of furan rings is 1. The molecule has 2 aliphatic heterocycles. The van der Waals surface area contributed by atoms with Gasteiger partial charge in [0.15, 0.2) is 11.0 Å². The minimum Gasteiger partial charge on any atom is -0.441 e. The number of rotatable bonds is 4. The van der Waals surface area contributed by atoms with Gasteiger partial charge in [0.25, 0.3) is 11.8 Å². The van der Waals surface area contributed by atoms with Crippen molar-refractivity contribution in [1.29, 1.82) is 0 Å². The van der Waals surface area contributed by atoms with Crippen LogP contribution in [-0.4, -0.2) is 30.0 Å². The summed E-state index contributed by atoms with van der Waals surface area (Å²) in [6.45, 7) is 5.88. The monoisotopic (exact) mass is 485 g/mol. The van der Waals surface area contributed by atoms with Crippen molar-refractivity contribution in [3.05, 3.63) is 83.1 Å². The highest BCUT2D eigenvalue weighted by molar-refractivity contribution is 7.81. The molecule has 3 heterocycles. The summed E-state index contributed by atoms with van der Waals surface area (Å²) >= 11 is 5.70. The molecule has 0 aliphatic carbocycles. The molecule has 1 aromatic heterocycles. The number of piperidine rings is 1. The minimum atomic E-state index is -0.470. The number of para-hydroxylation sites is 1. The quantitative estimate of drug-likeness (QED) is 0.272. The number of hydrogen-bond acceptors (Lipinski definition) is 5. The maximum absolute atomic E-state index is 13.7. The summed E-state index contributed by atoms with van der Waals surface area (Å²) in [6, 6.07) is 18.6. The normalized spacial score (nSPS) is 18.1. The van der Waals surface area contributed by atoms with Gasteiger partial charge in [0.1, 0.15) is 11.3 Å². The zero-order valence-electron chi connectivity index (χ0n) is 19.9. The lowest BCUT2D eigenvalue weighted by atomic mass is 10.1. The molecule has 2 saturated heterocycles. The van der Waals surface area contributed by atoms with Crippen molar-refractivity contribution in [2.24, 2.45) is 0 Å². The van der Waals surface area contributed by atoms with E-state index in [0.29, 0.717) is 17.1 Å². The van der Waals surface area contributed by atoms with E-state index in [9.17, 15) is 9.59 Å². The van der Waals surface area contributed by atoms with Gasteiger partial charge in [0, 0.05) is 19.2 Å². The van der Waals surface area contributed by atoms with Crippen LogP contribution in [0.2, 0.25) is 0 Å². The Morgan fingerprint density at radius 1 is 0.800 bits per heavy atom. The highest BCUT2D eigenvalue weighted by Gasteiger charge is 2.41. The van der Waals surface area contributed by atoms with Crippen LogP contribution in [0.1, 0.15) is 36.1 Å². The summed E-state index contributed by atoms with van der Waals surface area (Å²) in [5.74, 6) is 0.283. The maximum atomic E-state index is 13.7. The number of anilines is 3. The van der Waals surface area contributed by atoms with E-state index in [-0.39, 0.29) is 10.7 Å². The number of benzene rings is 2. The van der Waals surface area contributed by atoms with E-state index in [4.69, 9.17) is 16.6 Å². The van der Waals surface area contributed by atoms with Crippen molar-refractivity contribution in [3.63, 3.8) is 0 Å². The van der Waals surface area contributed by atoms with Crippen molar-refractivity contribution in [2.75, 3.05) is 27.8 Å². The van der Waals surface area contributed by atoms with Crippen molar-refractivity contribution in [2.45, 2.75) is 33.1 Å². The predicted octanol–water partition coefficient (Wildman–Crippen LogP) is 5.64. The van der Waals surface area contributed by atoms with E-state index in [1.807, 2.05) is 56.3 Å². The number of carbonyl (C=O) groups excluding carboxylic acids is 2. The average molecular weight is 486 g/mol. The summed E-state index contributed by atoms with van der Waals surface area (Å²) in [6.07, 6.45) is 5.01. The smallest absolute Gasteiger partial charge is 0.270 e. The molecule has 2 fully saturated rings. The van der Waals surface area contributed by atoms with Gasteiger partial charge in [-0.25, -0.2) is 0 Å². The van der Waals surface area contributed by atoms with Crippen LogP contribution in [0.15, 0.2) is 70.7 Å². The van der Waals surface area contributed by atoms with Crippen LogP contribution in [0.4, 0.5) is 17.3 Å². The molecule has 5 rings (SSSR count). The highest BCUT2D eigenvalue weighted by Crippen LogP contribution is 2.31. The van der Waals surface area contributed by atoms with Gasteiger partial charge in [-0.15, -0.1) is 0 Å². The first-order valence-corrected chi connectivity index (χ1v) is 12.3. The van der Waals surface area contributed by atoms with Crippen molar-refractivity contribution in [3.8, 4) is 0 Å². The molecule has 0 bridgehead atoms. The molecule has 2 aromatic carbocycles. The number of aryl methyl sites for hydroxylation is 2. The van der Waals surface area contributed by atoms with E-state index >= 15 is 0 Å². The van der Waals surface area contributed by atoms with Crippen LogP contribution in [-0.2, 0) is 9.59 Å². The molecule has 3 aromatic rings. The Labute approximate surface area is 210 Å². The highest BCUT2D eigenvalue weighted by atomic mass is 32.1. The van der Waals surface area contributed by atoms with Gasteiger partial charge in [0.05, 0.1) is 11.4 Å². The SMILES string of the molecule is Cc1ccc(N2C(=O)C(=Cc3ccc(N4CCCCC4)o3)C(=O)N(c3ccccc3)C2=S)cc1C. The first-order chi connectivity index (χ1) is 16.9. The Balaban J connectivity index is 1.57. The van der Waals surface area contributed by atoms with Crippen LogP contribution in [0, 0.1) is 13.8 Å². The lowest BCUT2D eigenvalue weighted by molar-refractivity contribution is -0.120. The molecule has 0 atom stereocenters. The van der Waals surface area contributed by atoms with E-state index in [1.54, 1.807) is 18.2 Å². The zero-order valence-corrected chi connectivity index (χ0v) is 20.7. The standard InChI is InChI=1S/C28H27N3O3S/c1-19-11-12-22(17-20(19)2)31-27(33)24(26(32)30(28(31)35)21-9-5-3-6-10-21)18-23-13-14-25(34-23)29-15-7-4-8-16-29/h3,5-6,9-14,17-18H,4,7-8,15-16H2,1-2H3. The molecule has 2 amide bonds. The third-order valence-corrected chi connectivity index (χ3v) is 6.94. The van der Waals surface area contributed by atoms with E-state index < -0.39 is 11.8 Å². The third kappa shape index (κ3) is 4.39. The van der Waals surface area contributed by atoms with Crippen LogP contribution in [0.3, 0.4) is 0 Å². The van der Waals surface area contributed by atoms with Gasteiger partial charge in [-0.05, 0) is 92.9 Å². The molecular weight excluding hydrogens is 458 g/mol. The lowest BCUT2D eigenvalue weighted by Gasteiger charge is -2.36. The molecule has 0 unspecified atom stereocenters. The van der Waals surface area contributed by atoms with Crippen LogP contribution in [0.5, 0.6) is 0 Å². The molecule has 0 radical (unpaired) electrons. The van der Waals surface area contributed by atoms with Crippen molar-refractivity contribution < 1.29 is 14.0 Å². The Bertz CT molecular complexity index is 1320. The Kier molecular flexibility index (Phi) is 6.26. The summed E-state index contributed by atoms with van der Waals surface area (Å²) < 4.78 is 6.04. The summed E-state index contributed by atoms with van der Waals surface area (Å²) in [5, 5.41) is 0.125. The number of nitrogens with zero attached hydrogens (tertiary/aromatic N) is 3. The number of thiocarbonyl (C=S) groups is 1. The van der Waals surface area contributed by atoms with Gasteiger partial charge >= 0.3 is 0 Å².